The highest BCUT2D eigenvalue weighted by atomic mass is 16.7. The Morgan fingerprint density at radius 2 is 1.66 bits per heavy atom. The molecule has 0 saturated carbocycles. The number of rotatable bonds is 7. The third-order valence-corrected chi connectivity index (χ3v) is 5.62. The van der Waals surface area contributed by atoms with Gasteiger partial charge in [0.05, 0.1) is 20.8 Å². The lowest BCUT2D eigenvalue weighted by molar-refractivity contribution is -0.172. The van der Waals surface area contributed by atoms with Crippen LogP contribution in [0.15, 0.2) is 59.6 Å². The van der Waals surface area contributed by atoms with Crippen molar-refractivity contribution in [1.29, 1.82) is 0 Å². The lowest BCUT2D eigenvalue weighted by atomic mass is 10.1. The number of ether oxygens (including phenoxy) is 3. The number of hydroxylamine groups is 2. The Bertz CT molecular complexity index is 1150. The number of hydrogen-bond donors (Lipinski definition) is 0. The monoisotopic (exact) mass is 526 g/mol. The van der Waals surface area contributed by atoms with Gasteiger partial charge in [-0.3, -0.25) is 9.63 Å². The van der Waals surface area contributed by atoms with Crippen molar-refractivity contribution in [1.82, 2.24) is 14.9 Å². The molecule has 1 saturated heterocycles. The highest BCUT2D eigenvalue weighted by molar-refractivity contribution is 6.03. The molecule has 1 aliphatic heterocycles. The predicted octanol–water partition coefficient (Wildman–Crippen LogP) is 3.83. The van der Waals surface area contributed by atoms with E-state index in [9.17, 15) is 14.4 Å². The van der Waals surface area contributed by atoms with Gasteiger partial charge in [-0.1, -0.05) is 42.5 Å². The first-order chi connectivity index (χ1) is 18.0. The normalized spacial score (nSPS) is 16.4. The zero-order valence-electron chi connectivity index (χ0n) is 22.5. The van der Waals surface area contributed by atoms with E-state index >= 15 is 0 Å². The van der Waals surface area contributed by atoms with Crippen LogP contribution in [-0.4, -0.2) is 78.4 Å². The number of aliphatic imine (C=N–C) groups is 1. The fourth-order valence-electron chi connectivity index (χ4n) is 3.70. The van der Waals surface area contributed by atoms with Crippen LogP contribution in [0.5, 0.6) is 5.75 Å². The molecule has 0 spiro atoms. The van der Waals surface area contributed by atoms with Crippen molar-refractivity contribution in [2.45, 2.75) is 45.6 Å². The summed E-state index contributed by atoms with van der Waals surface area (Å²) in [4.78, 5) is 51.2. The molecule has 2 aromatic rings. The van der Waals surface area contributed by atoms with E-state index in [2.05, 4.69) is 4.99 Å². The van der Waals surface area contributed by atoms with Gasteiger partial charge < -0.3 is 19.1 Å². The lowest BCUT2D eigenvalue weighted by Gasteiger charge is -2.27. The van der Waals surface area contributed by atoms with Gasteiger partial charge in [0.1, 0.15) is 24.0 Å². The molecule has 0 N–H and O–H groups in total. The molecule has 11 nitrogen and oxygen atoms in total. The van der Waals surface area contributed by atoms with E-state index in [0.29, 0.717) is 5.75 Å². The van der Waals surface area contributed by atoms with Crippen LogP contribution in [0.2, 0.25) is 0 Å². The number of benzene rings is 2. The Balaban J connectivity index is 1.98. The summed E-state index contributed by atoms with van der Waals surface area (Å²) in [6, 6.07) is 15.4. The maximum atomic E-state index is 13.3. The molecule has 0 aromatic heterocycles. The minimum Gasteiger partial charge on any atom is -0.497 e. The molecule has 3 rings (SSSR count). The van der Waals surface area contributed by atoms with Crippen molar-refractivity contribution in [3.63, 3.8) is 0 Å². The molecule has 0 unspecified atom stereocenters. The smallest absolute Gasteiger partial charge is 0.437 e. The van der Waals surface area contributed by atoms with E-state index < -0.39 is 29.7 Å². The number of nitrogens with zero attached hydrogens (tertiary/aromatic N) is 4. The lowest BCUT2D eigenvalue weighted by Crippen LogP contribution is -2.46. The Hall–Kier alpha value is -4.12. The number of likely N-dealkylation sites (N-methyl/N-ethyl adjacent to an activating group) is 1. The molecule has 1 fully saturated rings. The average Bonchev–Trinajstić information content (AvgIpc) is 3.24. The first kappa shape index (κ1) is 28.5. The van der Waals surface area contributed by atoms with Gasteiger partial charge in [0.2, 0.25) is 5.96 Å². The summed E-state index contributed by atoms with van der Waals surface area (Å²) in [5.74, 6) is 0.170. The summed E-state index contributed by atoms with van der Waals surface area (Å²) in [7, 11) is 4.40. The Labute approximate surface area is 222 Å². The number of amides is 3. The van der Waals surface area contributed by atoms with E-state index in [-0.39, 0.29) is 25.7 Å². The summed E-state index contributed by atoms with van der Waals surface area (Å²) in [6.07, 6.45) is -1.66. The van der Waals surface area contributed by atoms with Gasteiger partial charge in [0.15, 0.2) is 0 Å². The fraction of sp³-hybridized carbons (Fsp3) is 0.407. The molecule has 3 amide bonds. The molecular formula is C27H34N4O7. The third kappa shape index (κ3) is 7.45. The van der Waals surface area contributed by atoms with Gasteiger partial charge in [-0.2, -0.15) is 0 Å². The van der Waals surface area contributed by atoms with Crippen LogP contribution in [-0.2, 0) is 32.3 Å². The standard InChI is InChI=1S/C27H34N4O7/c1-27(2,3)38-26(34)31-17-22(23(32)29(4)36-6)30(16-19-12-14-21(35-5)15-13-19)24(31)28-25(33)37-18-20-10-8-7-9-11-20/h7-15,22H,16-18H2,1-6H3/b28-24+/t22-/m0/s1. The summed E-state index contributed by atoms with van der Waals surface area (Å²) >= 11 is 0. The molecule has 1 aliphatic rings. The van der Waals surface area contributed by atoms with E-state index in [1.54, 1.807) is 44.9 Å². The van der Waals surface area contributed by atoms with Gasteiger partial charge in [0.25, 0.3) is 5.91 Å². The predicted molar refractivity (Wildman–Crippen MR) is 139 cm³/mol. The van der Waals surface area contributed by atoms with Crippen molar-refractivity contribution < 1.29 is 33.4 Å². The van der Waals surface area contributed by atoms with Gasteiger partial charge in [-0.05, 0) is 44.0 Å². The number of guanidine groups is 1. The van der Waals surface area contributed by atoms with Crippen molar-refractivity contribution in [2.75, 3.05) is 27.8 Å². The minimum atomic E-state index is -0.912. The second kappa shape index (κ2) is 12.4. The molecule has 0 aliphatic carbocycles. The average molecular weight is 527 g/mol. The van der Waals surface area contributed by atoms with E-state index in [1.807, 2.05) is 42.5 Å². The van der Waals surface area contributed by atoms with Gasteiger partial charge >= 0.3 is 12.2 Å². The first-order valence-corrected chi connectivity index (χ1v) is 12.0. The highest BCUT2D eigenvalue weighted by Gasteiger charge is 2.45. The zero-order valence-corrected chi connectivity index (χ0v) is 22.5. The zero-order chi connectivity index (χ0) is 27.9. The van der Waals surface area contributed by atoms with Crippen LogP contribution in [0, 0.1) is 0 Å². The largest absolute Gasteiger partial charge is 0.497 e. The molecule has 204 valence electrons. The van der Waals surface area contributed by atoms with Crippen molar-refractivity contribution in [2.24, 2.45) is 4.99 Å². The van der Waals surface area contributed by atoms with Crippen LogP contribution in [0.3, 0.4) is 0 Å². The molecule has 0 radical (unpaired) electrons. The summed E-state index contributed by atoms with van der Waals surface area (Å²) in [5.41, 5.74) is 0.754. The maximum Gasteiger partial charge on any atom is 0.437 e. The Morgan fingerprint density at radius 1 is 1.00 bits per heavy atom. The van der Waals surface area contributed by atoms with Crippen LogP contribution in [0.1, 0.15) is 31.9 Å². The van der Waals surface area contributed by atoms with Crippen LogP contribution in [0.4, 0.5) is 9.59 Å². The second-order valence-electron chi connectivity index (χ2n) is 9.55. The van der Waals surface area contributed by atoms with Gasteiger partial charge in [0, 0.05) is 13.6 Å². The van der Waals surface area contributed by atoms with Gasteiger partial charge in [-0.15, -0.1) is 4.99 Å². The number of carbonyl (C=O) groups is 3. The second-order valence-corrected chi connectivity index (χ2v) is 9.55. The Kier molecular flexibility index (Phi) is 9.30. The fourth-order valence-corrected chi connectivity index (χ4v) is 3.70. The van der Waals surface area contributed by atoms with Crippen LogP contribution >= 0.6 is 0 Å². The SMILES string of the molecule is COc1ccc(CN2/C(=N\C(=O)OCc3ccccc3)N(C(=O)OC(C)(C)C)C[C@H]2C(=O)N(C)OC)cc1. The van der Waals surface area contributed by atoms with Crippen LogP contribution in [0.25, 0.3) is 0 Å². The molecule has 1 atom stereocenters. The molecule has 2 aromatic carbocycles. The molecule has 38 heavy (non-hydrogen) atoms. The summed E-state index contributed by atoms with van der Waals surface area (Å²) in [5, 5.41) is 1.07. The van der Waals surface area contributed by atoms with E-state index in [1.165, 1.54) is 19.1 Å². The minimum absolute atomic E-state index is 0.00383. The van der Waals surface area contributed by atoms with Gasteiger partial charge in [-0.25, -0.2) is 19.6 Å². The number of hydrogen-bond acceptors (Lipinski definition) is 7. The third-order valence-electron chi connectivity index (χ3n) is 5.62. The molecule has 11 heteroatoms. The summed E-state index contributed by atoms with van der Waals surface area (Å²) in [6.45, 7) is 5.22. The number of carbonyl (C=O) groups excluding carboxylic acids is 3. The highest BCUT2D eigenvalue weighted by Crippen LogP contribution is 2.25. The quantitative estimate of drug-likeness (QED) is 0.501. The summed E-state index contributed by atoms with van der Waals surface area (Å²) < 4.78 is 16.1. The van der Waals surface area contributed by atoms with E-state index in [4.69, 9.17) is 19.0 Å². The van der Waals surface area contributed by atoms with Crippen LogP contribution < -0.4 is 4.74 Å². The number of methoxy groups -OCH3 is 1. The first-order valence-electron chi connectivity index (χ1n) is 12.0. The van der Waals surface area contributed by atoms with Crippen molar-refractivity contribution in [3.05, 3.63) is 65.7 Å². The maximum absolute atomic E-state index is 13.3. The van der Waals surface area contributed by atoms with E-state index in [0.717, 1.165) is 16.2 Å². The van der Waals surface area contributed by atoms with Crippen molar-refractivity contribution in [3.8, 4) is 5.75 Å². The molecule has 0 bridgehead atoms. The molecule has 1 heterocycles. The Morgan fingerprint density at radius 3 is 2.24 bits per heavy atom. The molecular weight excluding hydrogens is 492 g/mol. The topological polar surface area (TPSA) is 110 Å². The van der Waals surface area contributed by atoms with Crippen molar-refractivity contribution >= 4 is 24.1 Å².